The molecule has 0 heterocycles. The summed E-state index contributed by atoms with van der Waals surface area (Å²) in [5.41, 5.74) is 4.11. The molecule has 0 unspecified atom stereocenters. The van der Waals surface area contributed by atoms with Crippen molar-refractivity contribution in [2.45, 2.75) is 13.0 Å². The summed E-state index contributed by atoms with van der Waals surface area (Å²) in [6, 6.07) is 17.0. The minimum Gasteiger partial charge on any atom is -0.506 e. The van der Waals surface area contributed by atoms with Crippen molar-refractivity contribution in [3.8, 4) is 5.75 Å². The Kier molecular flexibility index (Phi) is 6.13. The first-order valence-corrected chi connectivity index (χ1v) is 9.79. The Morgan fingerprint density at radius 3 is 2.44 bits per heavy atom. The van der Waals surface area contributed by atoms with Crippen LogP contribution in [0.5, 0.6) is 5.75 Å². The van der Waals surface area contributed by atoms with Crippen LogP contribution in [0.15, 0.2) is 68.6 Å². The molecule has 3 aromatic carbocycles. The summed E-state index contributed by atoms with van der Waals surface area (Å²) in [5, 5.41) is 19.1. The number of aromatic hydroxyl groups is 1. The smallest absolute Gasteiger partial charge is 0.262 e. The van der Waals surface area contributed by atoms with Gasteiger partial charge in [-0.2, -0.15) is 5.10 Å². The van der Waals surface area contributed by atoms with Gasteiger partial charge in [0.25, 0.3) is 5.91 Å². The standard InChI is InChI=1S/C20H17Br2N3O2/c1-12(24-16-7-6-14-4-2-3-5-15(14)10-16)20(27)25-23-11-13-8-17(21)19(26)18(22)9-13/h2-12,24,26H,1H3,(H,25,27)/b23-11-/t12-/m0/s1. The molecule has 0 spiro atoms. The maximum atomic E-state index is 12.2. The van der Waals surface area contributed by atoms with Gasteiger partial charge >= 0.3 is 0 Å². The molecule has 0 aliphatic carbocycles. The number of nitrogens with zero attached hydrogens (tertiary/aromatic N) is 1. The molecular formula is C20H17Br2N3O2. The maximum absolute atomic E-state index is 12.2. The number of rotatable bonds is 5. The number of hydrazone groups is 1. The van der Waals surface area contributed by atoms with Gasteiger partial charge < -0.3 is 10.4 Å². The molecule has 0 aliphatic heterocycles. The Bertz CT molecular complexity index is 998. The number of halogens is 2. The number of amides is 1. The van der Waals surface area contributed by atoms with E-state index in [4.69, 9.17) is 0 Å². The van der Waals surface area contributed by atoms with E-state index in [2.05, 4.69) is 47.7 Å². The normalized spacial score (nSPS) is 12.3. The van der Waals surface area contributed by atoms with Crippen molar-refractivity contribution in [1.82, 2.24) is 5.43 Å². The number of phenols is 1. The Hall–Kier alpha value is -2.38. The second kappa shape index (κ2) is 8.54. The zero-order valence-corrected chi connectivity index (χ0v) is 17.6. The van der Waals surface area contributed by atoms with Crippen LogP contribution in [0.3, 0.4) is 0 Å². The summed E-state index contributed by atoms with van der Waals surface area (Å²) in [6.45, 7) is 1.77. The number of nitrogens with one attached hydrogen (secondary N) is 2. The van der Waals surface area contributed by atoms with Gasteiger partial charge in [-0.15, -0.1) is 0 Å². The van der Waals surface area contributed by atoms with Crippen molar-refractivity contribution in [2.24, 2.45) is 5.10 Å². The minimum atomic E-state index is -0.457. The van der Waals surface area contributed by atoms with Crippen LogP contribution in [0.2, 0.25) is 0 Å². The van der Waals surface area contributed by atoms with E-state index in [9.17, 15) is 9.90 Å². The van der Waals surface area contributed by atoms with E-state index >= 15 is 0 Å². The molecule has 3 aromatic rings. The number of carbonyl (C=O) groups is 1. The number of hydrogen-bond donors (Lipinski definition) is 3. The fourth-order valence-electron chi connectivity index (χ4n) is 2.52. The molecule has 27 heavy (non-hydrogen) atoms. The maximum Gasteiger partial charge on any atom is 0.262 e. The fraction of sp³-hybridized carbons (Fsp3) is 0.100. The zero-order valence-electron chi connectivity index (χ0n) is 14.4. The molecule has 5 nitrogen and oxygen atoms in total. The summed E-state index contributed by atoms with van der Waals surface area (Å²) in [4.78, 5) is 12.2. The van der Waals surface area contributed by atoms with Gasteiger partial charge in [0, 0.05) is 5.69 Å². The van der Waals surface area contributed by atoms with E-state index in [1.54, 1.807) is 19.1 Å². The summed E-state index contributed by atoms with van der Waals surface area (Å²) < 4.78 is 1.08. The minimum absolute atomic E-state index is 0.115. The summed E-state index contributed by atoms with van der Waals surface area (Å²) in [7, 11) is 0. The molecular weight excluding hydrogens is 474 g/mol. The van der Waals surface area contributed by atoms with Gasteiger partial charge in [-0.1, -0.05) is 30.3 Å². The third kappa shape index (κ3) is 4.87. The number of carbonyl (C=O) groups excluding carboxylic acids is 1. The molecule has 1 amide bonds. The van der Waals surface area contributed by atoms with Crippen LogP contribution in [-0.2, 0) is 4.79 Å². The van der Waals surface area contributed by atoms with E-state index in [1.807, 2.05) is 42.5 Å². The first-order valence-electron chi connectivity index (χ1n) is 8.20. The van der Waals surface area contributed by atoms with Crippen molar-refractivity contribution in [3.05, 3.63) is 69.1 Å². The lowest BCUT2D eigenvalue weighted by Crippen LogP contribution is -2.34. The largest absolute Gasteiger partial charge is 0.506 e. The van der Waals surface area contributed by atoms with Gasteiger partial charge in [0.2, 0.25) is 0 Å². The highest BCUT2D eigenvalue weighted by molar-refractivity contribution is 9.11. The Morgan fingerprint density at radius 2 is 1.74 bits per heavy atom. The number of phenolic OH excluding ortho intramolecular Hbond substituents is 1. The Labute approximate surface area is 173 Å². The monoisotopic (exact) mass is 489 g/mol. The van der Waals surface area contributed by atoms with E-state index in [1.165, 1.54) is 6.21 Å². The molecule has 0 aromatic heterocycles. The van der Waals surface area contributed by atoms with E-state index in [0.29, 0.717) is 8.95 Å². The molecule has 0 radical (unpaired) electrons. The van der Waals surface area contributed by atoms with E-state index in [-0.39, 0.29) is 11.7 Å². The molecule has 0 aliphatic rings. The fourth-order valence-corrected chi connectivity index (χ4v) is 3.74. The first kappa shape index (κ1) is 19.4. The molecule has 0 fully saturated rings. The highest BCUT2D eigenvalue weighted by Gasteiger charge is 2.12. The van der Waals surface area contributed by atoms with Crippen LogP contribution in [0.1, 0.15) is 12.5 Å². The van der Waals surface area contributed by atoms with Gasteiger partial charge in [-0.25, -0.2) is 5.43 Å². The van der Waals surface area contributed by atoms with Crippen molar-refractivity contribution in [1.29, 1.82) is 0 Å². The van der Waals surface area contributed by atoms with Crippen molar-refractivity contribution >= 4 is 60.4 Å². The molecule has 3 rings (SSSR count). The lowest BCUT2D eigenvalue weighted by atomic mass is 10.1. The van der Waals surface area contributed by atoms with Crippen LogP contribution in [0, 0.1) is 0 Å². The zero-order chi connectivity index (χ0) is 19.4. The molecule has 0 saturated heterocycles. The number of benzene rings is 3. The van der Waals surface area contributed by atoms with Crippen molar-refractivity contribution in [3.63, 3.8) is 0 Å². The van der Waals surface area contributed by atoms with E-state index in [0.717, 1.165) is 22.0 Å². The van der Waals surface area contributed by atoms with Crippen LogP contribution in [0.25, 0.3) is 10.8 Å². The SMILES string of the molecule is C[C@H](Nc1ccc2ccccc2c1)C(=O)N/N=C\c1cc(Br)c(O)c(Br)c1. The van der Waals surface area contributed by atoms with Gasteiger partial charge in [0.15, 0.2) is 0 Å². The van der Waals surface area contributed by atoms with Gasteiger partial charge in [0.05, 0.1) is 15.2 Å². The van der Waals surface area contributed by atoms with Crippen LogP contribution < -0.4 is 10.7 Å². The quantitative estimate of drug-likeness (QED) is 0.347. The molecule has 0 bridgehead atoms. The third-order valence-corrected chi connectivity index (χ3v) is 5.16. The number of fused-ring (bicyclic) bond motifs is 1. The topological polar surface area (TPSA) is 73.7 Å². The molecule has 138 valence electrons. The molecule has 0 saturated carbocycles. The average Bonchev–Trinajstić information content (AvgIpc) is 2.65. The number of hydrogen-bond acceptors (Lipinski definition) is 4. The van der Waals surface area contributed by atoms with Crippen LogP contribution in [-0.4, -0.2) is 23.3 Å². The third-order valence-electron chi connectivity index (χ3n) is 3.95. The predicted octanol–water partition coefficient (Wildman–Crippen LogP) is 5.02. The van der Waals surface area contributed by atoms with Gasteiger partial charge in [-0.3, -0.25) is 4.79 Å². The second-order valence-corrected chi connectivity index (χ2v) is 7.70. The average molecular weight is 491 g/mol. The molecule has 1 atom stereocenters. The molecule has 3 N–H and O–H groups in total. The lowest BCUT2D eigenvalue weighted by molar-refractivity contribution is -0.121. The molecule has 7 heteroatoms. The van der Waals surface area contributed by atoms with Crippen molar-refractivity contribution in [2.75, 3.05) is 5.32 Å². The number of anilines is 1. The van der Waals surface area contributed by atoms with Gasteiger partial charge in [-0.05, 0) is 79.4 Å². The summed E-state index contributed by atoms with van der Waals surface area (Å²) >= 11 is 6.51. The van der Waals surface area contributed by atoms with Gasteiger partial charge in [0.1, 0.15) is 11.8 Å². The van der Waals surface area contributed by atoms with Crippen LogP contribution in [0.4, 0.5) is 5.69 Å². The van der Waals surface area contributed by atoms with E-state index < -0.39 is 6.04 Å². The lowest BCUT2D eigenvalue weighted by Gasteiger charge is -2.14. The highest BCUT2D eigenvalue weighted by Crippen LogP contribution is 2.32. The van der Waals surface area contributed by atoms with Crippen LogP contribution >= 0.6 is 31.9 Å². The summed E-state index contributed by atoms with van der Waals surface area (Å²) in [6.07, 6.45) is 1.51. The summed E-state index contributed by atoms with van der Waals surface area (Å²) in [5.74, 6) is -0.138. The van der Waals surface area contributed by atoms with Crippen molar-refractivity contribution < 1.29 is 9.90 Å². The first-order chi connectivity index (χ1) is 12.9. The Morgan fingerprint density at radius 1 is 1.07 bits per heavy atom. The predicted molar refractivity (Wildman–Crippen MR) is 116 cm³/mol. The Balaban J connectivity index is 1.61. The highest BCUT2D eigenvalue weighted by atomic mass is 79.9. The second-order valence-electron chi connectivity index (χ2n) is 6.00.